The van der Waals surface area contributed by atoms with Gasteiger partial charge >= 0.3 is 5.97 Å². The number of aliphatic hydroxyl groups is 1. The highest BCUT2D eigenvalue weighted by Gasteiger charge is 2.53. The lowest BCUT2D eigenvalue weighted by Crippen LogP contribution is -2.55. The summed E-state index contributed by atoms with van der Waals surface area (Å²) < 4.78 is 4.67. The fraction of sp³-hybridized carbons (Fsp3) is 0.471. The average Bonchev–Trinajstić information content (AvgIpc) is 2.86. The van der Waals surface area contributed by atoms with Gasteiger partial charge < -0.3 is 9.84 Å². The molecule has 124 valence electrons. The number of esters is 1. The van der Waals surface area contributed by atoms with E-state index in [0.717, 1.165) is 10.6 Å². The first kappa shape index (κ1) is 17.1. The van der Waals surface area contributed by atoms with Crippen molar-refractivity contribution in [3.8, 4) is 0 Å². The Morgan fingerprint density at radius 2 is 1.91 bits per heavy atom. The normalized spacial score (nSPS) is 21.1. The van der Waals surface area contributed by atoms with Crippen molar-refractivity contribution in [3.05, 3.63) is 35.9 Å². The molecule has 0 aliphatic carbocycles. The van der Waals surface area contributed by atoms with Crippen molar-refractivity contribution < 1.29 is 19.4 Å². The molecule has 1 aliphatic heterocycles. The van der Waals surface area contributed by atoms with E-state index in [1.54, 1.807) is 20.8 Å². The molecule has 1 aliphatic rings. The van der Waals surface area contributed by atoms with Crippen molar-refractivity contribution >= 4 is 17.6 Å². The van der Waals surface area contributed by atoms with Crippen LogP contribution in [0.5, 0.6) is 0 Å². The highest BCUT2D eigenvalue weighted by Crippen LogP contribution is 2.41. The zero-order valence-corrected chi connectivity index (χ0v) is 13.9. The lowest BCUT2D eigenvalue weighted by Gasteiger charge is -2.41. The van der Waals surface area contributed by atoms with E-state index in [-0.39, 0.29) is 24.5 Å². The maximum atomic E-state index is 12.6. The number of benzene rings is 1. The van der Waals surface area contributed by atoms with Crippen molar-refractivity contribution in [2.45, 2.75) is 39.3 Å². The fourth-order valence-corrected chi connectivity index (χ4v) is 2.47. The largest absolute Gasteiger partial charge is 0.464 e. The van der Waals surface area contributed by atoms with E-state index in [1.807, 2.05) is 30.3 Å². The lowest BCUT2D eigenvalue weighted by atomic mass is 9.80. The third kappa shape index (κ3) is 3.27. The standard InChI is InChI=1S/C17H22N2O4/c1-16(2,3)17(22)11-13(15(21)23-4)18-19(17)14(20)10-12-8-6-5-7-9-12/h5-9,22H,10-11H2,1-4H3/t17-/m1/s1. The second-order valence-corrected chi connectivity index (χ2v) is 6.65. The summed E-state index contributed by atoms with van der Waals surface area (Å²) in [7, 11) is 1.25. The molecule has 1 aromatic rings. The van der Waals surface area contributed by atoms with Crippen molar-refractivity contribution in [1.29, 1.82) is 0 Å². The van der Waals surface area contributed by atoms with Crippen molar-refractivity contribution in [2.75, 3.05) is 7.11 Å². The van der Waals surface area contributed by atoms with Crippen molar-refractivity contribution in [3.63, 3.8) is 0 Å². The number of hydrazone groups is 1. The summed E-state index contributed by atoms with van der Waals surface area (Å²) in [5.41, 5.74) is -1.39. The molecule has 6 nitrogen and oxygen atoms in total. The molecule has 2 rings (SSSR count). The molecule has 0 saturated carbocycles. The average molecular weight is 318 g/mol. The molecule has 0 aromatic heterocycles. The van der Waals surface area contributed by atoms with Gasteiger partial charge in [0.1, 0.15) is 0 Å². The first-order valence-corrected chi connectivity index (χ1v) is 7.44. The summed E-state index contributed by atoms with van der Waals surface area (Å²) >= 11 is 0. The van der Waals surface area contributed by atoms with Gasteiger partial charge in [-0.3, -0.25) is 4.79 Å². The first-order chi connectivity index (χ1) is 10.7. The van der Waals surface area contributed by atoms with E-state index in [2.05, 4.69) is 9.84 Å². The zero-order chi connectivity index (χ0) is 17.3. The second-order valence-electron chi connectivity index (χ2n) is 6.65. The Kier molecular flexibility index (Phi) is 4.56. The Morgan fingerprint density at radius 1 is 1.30 bits per heavy atom. The number of amides is 1. The maximum absolute atomic E-state index is 12.6. The summed E-state index contributed by atoms with van der Waals surface area (Å²) in [6.45, 7) is 5.39. The molecule has 0 bridgehead atoms. The van der Waals surface area contributed by atoms with Crippen molar-refractivity contribution in [2.24, 2.45) is 10.5 Å². The minimum atomic E-state index is -1.57. The van der Waals surface area contributed by atoms with Crippen LogP contribution >= 0.6 is 0 Å². The van der Waals surface area contributed by atoms with Crippen LogP contribution < -0.4 is 0 Å². The van der Waals surface area contributed by atoms with Crippen LogP contribution in [0.25, 0.3) is 0 Å². The summed E-state index contributed by atoms with van der Waals surface area (Å²) in [5, 5.41) is 16.1. The molecule has 0 fully saturated rings. The SMILES string of the molecule is COC(=O)C1=NN(C(=O)Cc2ccccc2)[C@](O)(C(C)(C)C)C1. The van der Waals surface area contributed by atoms with Gasteiger partial charge in [-0.25, -0.2) is 9.80 Å². The van der Waals surface area contributed by atoms with Crippen molar-refractivity contribution in [1.82, 2.24) is 5.01 Å². The van der Waals surface area contributed by atoms with Crippen LogP contribution in [0.1, 0.15) is 32.8 Å². The minimum Gasteiger partial charge on any atom is -0.464 e. The molecule has 1 amide bonds. The summed E-state index contributed by atoms with van der Waals surface area (Å²) in [6, 6.07) is 9.20. The van der Waals surface area contributed by atoms with Gasteiger partial charge in [0.25, 0.3) is 0 Å². The number of nitrogens with zero attached hydrogens (tertiary/aromatic N) is 2. The third-order valence-corrected chi connectivity index (χ3v) is 4.04. The molecule has 0 radical (unpaired) electrons. The topological polar surface area (TPSA) is 79.2 Å². The quantitative estimate of drug-likeness (QED) is 0.861. The highest BCUT2D eigenvalue weighted by molar-refractivity contribution is 6.37. The van der Waals surface area contributed by atoms with Gasteiger partial charge in [-0.05, 0) is 5.56 Å². The smallest absolute Gasteiger partial charge is 0.354 e. The number of carbonyl (C=O) groups is 2. The predicted molar refractivity (Wildman–Crippen MR) is 85.5 cm³/mol. The molecule has 0 saturated heterocycles. The number of methoxy groups -OCH3 is 1. The van der Waals surface area contributed by atoms with Gasteiger partial charge in [0.15, 0.2) is 11.4 Å². The van der Waals surface area contributed by atoms with E-state index in [1.165, 1.54) is 7.11 Å². The van der Waals surface area contributed by atoms with E-state index >= 15 is 0 Å². The van der Waals surface area contributed by atoms with E-state index in [0.29, 0.717) is 0 Å². The molecule has 1 N–H and O–H groups in total. The Hall–Kier alpha value is -2.21. The van der Waals surface area contributed by atoms with Gasteiger partial charge in [0, 0.05) is 11.8 Å². The Morgan fingerprint density at radius 3 is 2.43 bits per heavy atom. The Labute approximate surface area is 135 Å². The molecule has 1 aromatic carbocycles. The van der Waals surface area contributed by atoms with Gasteiger partial charge in [-0.15, -0.1) is 0 Å². The molecule has 0 spiro atoms. The maximum Gasteiger partial charge on any atom is 0.354 e. The molecular formula is C17H22N2O4. The zero-order valence-electron chi connectivity index (χ0n) is 13.9. The van der Waals surface area contributed by atoms with Crippen LogP contribution in [0.15, 0.2) is 35.4 Å². The molecular weight excluding hydrogens is 296 g/mol. The number of hydrogen-bond donors (Lipinski definition) is 1. The minimum absolute atomic E-state index is 0.0475. The Bertz CT molecular complexity index is 634. The van der Waals surface area contributed by atoms with Crippen LogP contribution in [0.3, 0.4) is 0 Å². The molecule has 23 heavy (non-hydrogen) atoms. The van der Waals surface area contributed by atoms with Crippen LogP contribution in [0, 0.1) is 5.41 Å². The Balaban J connectivity index is 2.32. The van der Waals surface area contributed by atoms with Gasteiger partial charge in [-0.2, -0.15) is 5.10 Å². The van der Waals surface area contributed by atoms with Gasteiger partial charge in [0.2, 0.25) is 5.91 Å². The summed E-state index contributed by atoms with van der Waals surface area (Å²) in [5.74, 6) is -1.00. The number of ether oxygens (including phenoxy) is 1. The van der Waals surface area contributed by atoms with E-state index in [9.17, 15) is 14.7 Å². The van der Waals surface area contributed by atoms with E-state index in [4.69, 9.17) is 0 Å². The first-order valence-electron chi connectivity index (χ1n) is 7.44. The van der Waals surface area contributed by atoms with Crippen LogP contribution in [0.4, 0.5) is 0 Å². The van der Waals surface area contributed by atoms with E-state index < -0.39 is 17.1 Å². The summed E-state index contributed by atoms with van der Waals surface area (Å²) in [4.78, 5) is 24.4. The molecule has 0 unspecified atom stereocenters. The highest BCUT2D eigenvalue weighted by atomic mass is 16.5. The van der Waals surface area contributed by atoms with Gasteiger partial charge in [-0.1, -0.05) is 51.1 Å². The predicted octanol–water partition coefficient (Wildman–Crippen LogP) is 1.73. The van der Waals surface area contributed by atoms with Crippen LogP contribution in [-0.4, -0.2) is 40.5 Å². The number of hydrogen-bond acceptors (Lipinski definition) is 5. The molecule has 1 heterocycles. The lowest BCUT2D eigenvalue weighted by molar-refractivity contribution is -0.181. The number of rotatable bonds is 3. The molecule has 1 atom stereocenters. The second kappa shape index (κ2) is 6.12. The van der Waals surface area contributed by atoms with Gasteiger partial charge in [0.05, 0.1) is 13.5 Å². The number of carbonyl (C=O) groups excluding carboxylic acids is 2. The molecule has 6 heteroatoms. The van der Waals surface area contributed by atoms with Crippen LogP contribution in [0.2, 0.25) is 0 Å². The monoisotopic (exact) mass is 318 g/mol. The fourth-order valence-electron chi connectivity index (χ4n) is 2.47. The summed E-state index contributed by atoms with van der Waals surface area (Å²) in [6.07, 6.45) is 0.0425. The third-order valence-electron chi connectivity index (χ3n) is 4.04. The van der Waals surface area contributed by atoms with Crippen LogP contribution in [-0.2, 0) is 20.7 Å².